The van der Waals surface area contributed by atoms with Crippen LogP contribution in [0.1, 0.15) is 23.2 Å². The Kier molecular flexibility index (Phi) is 3.42. The summed E-state index contributed by atoms with van der Waals surface area (Å²) < 4.78 is 0. The van der Waals surface area contributed by atoms with Crippen LogP contribution in [0.15, 0.2) is 30.3 Å². The maximum Gasteiger partial charge on any atom is 0.407 e. The van der Waals surface area contributed by atoms with Gasteiger partial charge in [0.2, 0.25) is 0 Å². The van der Waals surface area contributed by atoms with Crippen molar-refractivity contribution in [2.24, 2.45) is 5.92 Å². The Morgan fingerprint density at radius 3 is 2.24 bits per heavy atom. The molecule has 0 unspecified atom stereocenters. The summed E-state index contributed by atoms with van der Waals surface area (Å²) in [7, 11) is 0. The van der Waals surface area contributed by atoms with Crippen molar-refractivity contribution >= 4 is 11.9 Å². The average Bonchev–Trinajstić information content (AvgIpc) is 2.39. The van der Waals surface area contributed by atoms with Crippen LogP contribution in [-0.4, -0.2) is 35.0 Å². The zero-order valence-corrected chi connectivity index (χ0v) is 9.50. The summed E-state index contributed by atoms with van der Waals surface area (Å²) >= 11 is 0. The molecule has 1 aliphatic heterocycles. The van der Waals surface area contributed by atoms with Crippen LogP contribution in [0.3, 0.4) is 0 Å². The Balaban J connectivity index is 1.98. The van der Waals surface area contributed by atoms with Crippen LogP contribution in [0.25, 0.3) is 0 Å². The fraction of sp³-hybridized carbons (Fsp3) is 0.385. The van der Waals surface area contributed by atoms with Gasteiger partial charge >= 0.3 is 6.09 Å². The van der Waals surface area contributed by atoms with Crippen LogP contribution in [0, 0.1) is 5.92 Å². The Morgan fingerprint density at radius 1 is 1.12 bits per heavy atom. The summed E-state index contributed by atoms with van der Waals surface area (Å²) in [4.78, 5) is 24.2. The zero-order chi connectivity index (χ0) is 12.3. The number of piperidine rings is 1. The Bertz CT molecular complexity index is 408. The number of Topliss-reactive ketones (excluding diaryl/α,β-unsaturated/α-hetero) is 1. The van der Waals surface area contributed by atoms with Crippen molar-refractivity contribution < 1.29 is 14.7 Å². The average molecular weight is 233 g/mol. The first-order valence-electron chi connectivity index (χ1n) is 5.75. The highest BCUT2D eigenvalue weighted by Gasteiger charge is 2.27. The molecule has 1 heterocycles. The number of hydrogen-bond donors (Lipinski definition) is 1. The monoisotopic (exact) mass is 233 g/mol. The van der Waals surface area contributed by atoms with Gasteiger partial charge in [-0.1, -0.05) is 30.3 Å². The molecule has 1 aromatic rings. The second kappa shape index (κ2) is 4.99. The minimum atomic E-state index is -0.893. The summed E-state index contributed by atoms with van der Waals surface area (Å²) in [5.74, 6) is 0.101. The predicted octanol–water partition coefficient (Wildman–Crippen LogP) is 2.26. The molecule has 1 fully saturated rings. The molecule has 1 aromatic carbocycles. The summed E-state index contributed by atoms with van der Waals surface area (Å²) in [5, 5.41) is 8.82. The molecule has 0 aromatic heterocycles. The lowest BCUT2D eigenvalue weighted by Crippen LogP contribution is -2.39. The van der Waals surface area contributed by atoms with Gasteiger partial charge in [0.05, 0.1) is 0 Å². The number of hydrogen-bond acceptors (Lipinski definition) is 2. The number of benzene rings is 1. The number of carbonyl (C=O) groups is 2. The van der Waals surface area contributed by atoms with Crippen LogP contribution >= 0.6 is 0 Å². The van der Waals surface area contributed by atoms with E-state index in [2.05, 4.69) is 0 Å². The van der Waals surface area contributed by atoms with Gasteiger partial charge in [-0.25, -0.2) is 4.79 Å². The van der Waals surface area contributed by atoms with Crippen molar-refractivity contribution in [2.75, 3.05) is 13.1 Å². The summed E-state index contributed by atoms with van der Waals surface area (Å²) in [6.07, 6.45) is 0.357. The standard InChI is InChI=1S/C13H15NO3/c15-12(10-4-2-1-3-5-10)11-6-8-14(9-7-11)13(16)17/h1-5,11H,6-9H2,(H,16,17). The van der Waals surface area contributed by atoms with E-state index < -0.39 is 6.09 Å². The number of carboxylic acid groups (broad SMARTS) is 1. The molecule has 17 heavy (non-hydrogen) atoms. The third kappa shape index (κ3) is 2.64. The van der Waals surface area contributed by atoms with Crippen LogP contribution in [0.2, 0.25) is 0 Å². The van der Waals surface area contributed by atoms with Crippen molar-refractivity contribution in [3.05, 3.63) is 35.9 Å². The highest BCUT2D eigenvalue weighted by atomic mass is 16.4. The third-order valence-electron chi connectivity index (χ3n) is 3.19. The Morgan fingerprint density at radius 2 is 1.71 bits per heavy atom. The fourth-order valence-corrected chi connectivity index (χ4v) is 2.17. The first kappa shape index (κ1) is 11.6. The molecule has 0 saturated carbocycles. The molecule has 0 spiro atoms. The SMILES string of the molecule is O=C(c1ccccc1)C1CCN(C(=O)O)CC1. The zero-order valence-electron chi connectivity index (χ0n) is 9.50. The van der Waals surface area contributed by atoms with Crippen LogP contribution in [-0.2, 0) is 0 Å². The van der Waals surface area contributed by atoms with Gasteiger partial charge in [-0.2, -0.15) is 0 Å². The summed E-state index contributed by atoms with van der Waals surface area (Å²) in [6.45, 7) is 0.914. The van der Waals surface area contributed by atoms with Crippen LogP contribution in [0.4, 0.5) is 4.79 Å². The smallest absolute Gasteiger partial charge is 0.407 e. The minimum absolute atomic E-state index is 0.0343. The van der Waals surface area contributed by atoms with Gasteiger partial charge in [0, 0.05) is 24.6 Å². The number of ketones is 1. The maximum atomic E-state index is 12.1. The Labute approximate surface area is 99.9 Å². The second-order valence-corrected chi connectivity index (χ2v) is 4.27. The van der Waals surface area contributed by atoms with E-state index in [1.165, 1.54) is 4.90 Å². The van der Waals surface area contributed by atoms with Crippen molar-refractivity contribution in [3.8, 4) is 0 Å². The largest absolute Gasteiger partial charge is 0.465 e. The molecule has 0 atom stereocenters. The lowest BCUT2D eigenvalue weighted by atomic mass is 9.89. The van der Waals surface area contributed by atoms with E-state index in [0.717, 1.165) is 5.56 Å². The first-order chi connectivity index (χ1) is 8.18. The highest BCUT2D eigenvalue weighted by molar-refractivity contribution is 5.97. The highest BCUT2D eigenvalue weighted by Crippen LogP contribution is 2.21. The van der Waals surface area contributed by atoms with Gasteiger partial charge in [-0.3, -0.25) is 4.79 Å². The molecular weight excluding hydrogens is 218 g/mol. The molecule has 1 amide bonds. The lowest BCUT2D eigenvalue weighted by Gasteiger charge is -2.29. The van der Waals surface area contributed by atoms with Crippen molar-refractivity contribution in [1.82, 2.24) is 4.90 Å². The lowest BCUT2D eigenvalue weighted by molar-refractivity contribution is 0.0821. The number of amides is 1. The van der Waals surface area contributed by atoms with Crippen molar-refractivity contribution in [1.29, 1.82) is 0 Å². The summed E-state index contributed by atoms with van der Waals surface area (Å²) in [6, 6.07) is 9.20. The van der Waals surface area contributed by atoms with Gasteiger partial charge in [-0.15, -0.1) is 0 Å². The molecule has 1 N–H and O–H groups in total. The van der Waals surface area contributed by atoms with Crippen molar-refractivity contribution in [3.63, 3.8) is 0 Å². The number of carbonyl (C=O) groups excluding carboxylic acids is 1. The van der Waals surface area contributed by atoms with Crippen LogP contribution < -0.4 is 0 Å². The topological polar surface area (TPSA) is 57.6 Å². The summed E-state index contributed by atoms with van der Waals surface area (Å²) in [5.41, 5.74) is 0.723. The van der Waals surface area contributed by atoms with Gasteiger partial charge in [0.25, 0.3) is 0 Å². The van der Waals surface area contributed by atoms with E-state index in [1.807, 2.05) is 30.3 Å². The van der Waals surface area contributed by atoms with E-state index in [0.29, 0.717) is 25.9 Å². The van der Waals surface area contributed by atoms with Gasteiger partial charge in [0.15, 0.2) is 5.78 Å². The normalized spacial score (nSPS) is 16.8. The van der Waals surface area contributed by atoms with E-state index >= 15 is 0 Å². The molecule has 2 rings (SSSR count). The number of nitrogens with zero attached hydrogens (tertiary/aromatic N) is 1. The molecule has 4 nitrogen and oxygen atoms in total. The molecular formula is C13H15NO3. The molecule has 0 aliphatic carbocycles. The van der Waals surface area contributed by atoms with Gasteiger partial charge in [0.1, 0.15) is 0 Å². The molecule has 0 radical (unpaired) electrons. The van der Waals surface area contributed by atoms with Crippen molar-refractivity contribution in [2.45, 2.75) is 12.8 Å². The Hall–Kier alpha value is -1.84. The van der Waals surface area contributed by atoms with E-state index in [9.17, 15) is 9.59 Å². The van der Waals surface area contributed by atoms with Crippen LogP contribution in [0.5, 0.6) is 0 Å². The molecule has 4 heteroatoms. The maximum absolute atomic E-state index is 12.1. The van der Waals surface area contributed by atoms with E-state index in [4.69, 9.17) is 5.11 Å². The predicted molar refractivity (Wildman–Crippen MR) is 63.1 cm³/mol. The fourth-order valence-electron chi connectivity index (χ4n) is 2.17. The molecule has 90 valence electrons. The van der Waals surface area contributed by atoms with E-state index in [1.54, 1.807) is 0 Å². The number of rotatable bonds is 2. The quantitative estimate of drug-likeness (QED) is 0.797. The molecule has 0 bridgehead atoms. The number of likely N-dealkylation sites (tertiary alicyclic amines) is 1. The van der Waals surface area contributed by atoms with E-state index in [-0.39, 0.29) is 11.7 Å². The first-order valence-corrected chi connectivity index (χ1v) is 5.75. The third-order valence-corrected chi connectivity index (χ3v) is 3.19. The molecule has 1 saturated heterocycles. The minimum Gasteiger partial charge on any atom is -0.465 e. The molecule has 1 aliphatic rings. The van der Waals surface area contributed by atoms with Gasteiger partial charge < -0.3 is 10.0 Å². The second-order valence-electron chi connectivity index (χ2n) is 4.27. The van der Waals surface area contributed by atoms with Gasteiger partial charge in [-0.05, 0) is 12.8 Å².